The second kappa shape index (κ2) is 8.96. The molecule has 0 bridgehead atoms. The lowest BCUT2D eigenvalue weighted by molar-refractivity contribution is 0.119. The van der Waals surface area contributed by atoms with Gasteiger partial charge in [-0.1, -0.05) is 6.07 Å². The minimum atomic E-state index is -0.0413. The van der Waals surface area contributed by atoms with Crippen molar-refractivity contribution in [2.45, 2.75) is 57.8 Å². The van der Waals surface area contributed by atoms with E-state index in [1.165, 1.54) is 5.56 Å². The first-order valence-electron chi connectivity index (χ1n) is 13.1. The van der Waals surface area contributed by atoms with Crippen molar-refractivity contribution in [2.24, 2.45) is 13.0 Å². The summed E-state index contributed by atoms with van der Waals surface area (Å²) in [4.78, 5) is 26.7. The van der Waals surface area contributed by atoms with Gasteiger partial charge >= 0.3 is 0 Å². The average molecular weight is 497 g/mol. The van der Waals surface area contributed by atoms with Crippen LogP contribution in [0.4, 0.5) is 5.69 Å². The molecule has 2 aliphatic rings. The van der Waals surface area contributed by atoms with Crippen LogP contribution in [0.3, 0.4) is 0 Å². The van der Waals surface area contributed by atoms with Gasteiger partial charge in [-0.05, 0) is 51.3 Å². The molecule has 4 heterocycles. The first kappa shape index (κ1) is 23.6. The fraction of sp³-hybridized carbons (Fsp3) is 0.464. The molecule has 2 fully saturated rings. The minimum Gasteiger partial charge on any atom is -0.364 e. The van der Waals surface area contributed by atoms with Gasteiger partial charge in [-0.2, -0.15) is 10.4 Å². The summed E-state index contributed by atoms with van der Waals surface area (Å²) in [5, 5.41) is 14.4. The van der Waals surface area contributed by atoms with Crippen LogP contribution in [-0.4, -0.2) is 54.4 Å². The van der Waals surface area contributed by atoms with E-state index in [2.05, 4.69) is 58.7 Å². The first-order valence-corrected chi connectivity index (χ1v) is 13.1. The Morgan fingerprint density at radius 3 is 2.57 bits per heavy atom. The Morgan fingerprint density at radius 2 is 1.84 bits per heavy atom. The van der Waals surface area contributed by atoms with Gasteiger partial charge in [-0.15, -0.1) is 0 Å². The second-order valence-corrected chi connectivity index (χ2v) is 10.7. The predicted octanol–water partition coefficient (Wildman–Crippen LogP) is 3.81. The number of piperazine rings is 1. The van der Waals surface area contributed by atoms with Gasteiger partial charge in [0.25, 0.3) is 5.56 Å². The smallest absolute Gasteiger partial charge is 0.252 e. The van der Waals surface area contributed by atoms with Gasteiger partial charge in [-0.25, -0.2) is 0 Å². The Hall–Kier alpha value is -3.77. The molecule has 3 aromatic heterocycles. The summed E-state index contributed by atoms with van der Waals surface area (Å²) in [7, 11) is 1.79. The average Bonchev–Trinajstić information content (AvgIpc) is 3.31. The van der Waals surface area contributed by atoms with Crippen molar-refractivity contribution >= 4 is 27.8 Å². The van der Waals surface area contributed by atoms with Crippen LogP contribution < -0.4 is 10.5 Å². The van der Waals surface area contributed by atoms with Crippen LogP contribution in [0.25, 0.3) is 22.1 Å². The zero-order valence-corrected chi connectivity index (χ0v) is 21.7. The molecular formula is C28H32N8O. The molecule has 9 nitrogen and oxygen atoms in total. The van der Waals surface area contributed by atoms with Gasteiger partial charge < -0.3 is 9.47 Å². The van der Waals surface area contributed by atoms with Crippen molar-refractivity contribution in [3.63, 3.8) is 0 Å². The van der Waals surface area contributed by atoms with E-state index in [-0.39, 0.29) is 35.6 Å². The predicted molar refractivity (Wildman–Crippen MR) is 143 cm³/mol. The van der Waals surface area contributed by atoms with E-state index in [0.29, 0.717) is 0 Å². The molecule has 1 aromatic carbocycles. The van der Waals surface area contributed by atoms with Crippen molar-refractivity contribution in [3.8, 4) is 6.07 Å². The molecule has 9 heteroatoms. The highest BCUT2D eigenvalue weighted by atomic mass is 16.1. The van der Waals surface area contributed by atoms with Crippen molar-refractivity contribution in [1.29, 1.82) is 5.26 Å². The Bertz CT molecular complexity index is 1580. The molecule has 3 unspecified atom stereocenters. The Morgan fingerprint density at radius 1 is 1.05 bits per heavy atom. The molecule has 1 saturated heterocycles. The summed E-state index contributed by atoms with van der Waals surface area (Å²) >= 11 is 0. The zero-order valence-electron chi connectivity index (χ0n) is 21.7. The third-order valence-corrected chi connectivity index (χ3v) is 8.47. The van der Waals surface area contributed by atoms with Crippen LogP contribution in [-0.2, 0) is 7.05 Å². The zero-order chi connectivity index (χ0) is 25.8. The summed E-state index contributed by atoms with van der Waals surface area (Å²) in [5.41, 5.74) is 5.54. The number of fused-ring (bicyclic) bond motifs is 2. The molecule has 0 radical (unpaired) electrons. The van der Waals surface area contributed by atoms with Gasteiger partial charge in [0.05, 0.1) is 40.3 Å². The molecule has 6 rings (SSSR count). The lowest BCUT2D eigenvalue weighted by Crippen LogP contribution is -2.57. The number of rotatable bonds is 4. The molecular weight excluding hydrogens is 464 g/mol. The monoisotopic (exact) mass is 496 g/mol. The molecule has 1 saturated carbocycles. The van der Waals surface area contributed by atoms with E-state index in [1.807, 2.05) is 16.9 Å². The first-order chi connectivity index (χ1) is 17.9. The van der Waals surface area contributed by atoms with Crippen LogP contribution in [0.15, 0.2) is 47.7 Å². The van der Waals surface area contributed by atoms with E-state index in [4.69, 9.17) is 5.10 Å². The highest BCUT2D eigenvalue weighted by molar-refractivity contribution is 5.88. The van der Waals surface area contributed by atoms with Crippen LogP contribution >= 0.6 is 0 Å². The molecule has 1 aliphatic heterocycles. The topological polar surface area (TPSA) is 95.9 Å². The molecule has 37 heavy (non-hydrogen) atoms. The Labute approximate surface area is 215 Å². The number of nitrogens with zero attached hydrogens (tertiary/aromatic N) is 8. The molecule has 190 valence electrons. The van der Waals surface area contributed by atoms with Crippen molar-refractivity contribution in [3.05, 3.63) is 58.8 Å². The van der Waals surface area contributed by atoms with Crippen molar-refractivity contribution in [1.82, 2.24) is 29.2 Å². The summed E-state index contributed by atoms with van der Waals surface area (Å²) in [6.07, 6.45) is 7.25. The Balaban J connectivity index is 1.30. The molecule has 0 amide bonds. The SMILES string of the molecule is CC(c1ccc2nccnc2c1)N1C[C@H](C)N(c2cc(=O)n(C)c3cn(C4CCC4C#N)nc23)C[C@H]1C. The van der Waals surface area contributed by atoms with Crippen molar-refractivity contribution in [2.75, 3.05) is 18.0 Å². The number of hydrogen-bond acceptors (Lipinski definition) is 7. The van der Waals surface area contributed by atoms with E-state index in [1.54, 1.807) is 30.1 Å². The lowest BCUT2D eigenvalue weighted by Gasteiger charge is -2.47. The quantitative estimate of drug-likeness (QED) is 0.424. The van der Waals surface area contributed by atoms with Crippen LogP contribution in [0.5, 0.6) is 0 Å². The summed E-state index contributed by atoms with van der Waals surface area (Å²) in [6.45, 7) is 8.36. The number of pyridine rings is 1. The van der Waals surface area contributed by atoms with E-state index in [9.17, 15) is 10.1 Å². The maximum atomic E-state index is 13.0. The van der Waals surface area contributed by atoms with E-state index in [0.717, 1.165) is 53.7 Å². The van der Waals surface area contributed by atoms with Gasteiger partial charge in [0, 0.05) is 62.9 Å². The highest BCUT2D eigenvalue weighted by Gasteiger charge is 2.36. The minimum absolute atomic E-state index is 0.0140. The number of benzene rings is 1. The van der Waals surface area contributed by atoms with Gasteiger partial charge in [0.15, 0.2) is 0 Å². The van der Waals surface area contributed by atoms with Gasteiger partial charge in [0.2, 0.25) is 0 Å². The van der Waals surface area contributed by atoms with E-state index >= 15 is 0 Å². The second-order valence-electron chi connectivity index (χ2n) is 10.7. The van der Waals surface area contributed by atoms with Crippen molar-refractivity contribution < 1.29 is 0 Å². The molecule has 5 atom stereocenters. The standard InChI is InChI=1S/C28H32N8O/c1-17-15-35(18(2)14-34(17)19(3)20-5-7-22-23(11-20)31-10-9-30-22)25-12-27(37)33(4)26-16-36(32-28(25)26)24-8-6-21(24)13-29/h5,7,9-12,16-19,21,24H,6,8,14-15H2,1-4H3/t17-,18+,19?,21?,24?/m1/s1. The van der Waals surface area contributed by atoms with Gasteiger partial charge in [-0.3, -0.25) is 24.3 Å². The van der Waals surface area contributed by atoms with Crippen LogP contribution in [0.2, 0.25) is 0 Å². The number of aromatic nitrogens is 5. The van der Waals surface area contributed by atoms with Crippen LogP contribution in [0.1, 0.15) is 51.3 Å². The number of aryl methyl sites for hydroxylation is 1. The summed E-state index contributed by atoms with van der Waals surface area (Å²) < 4.78 is 3.58. The number of nitriles is 1. The summed E-state index contributed by atoms with van der Waals surface area (Å²) in [5.74, 6) is -0.0140. The third-order valence-electron chi connectivity index (χ3n) is 8.47. The fourth-order valence-electron chi connectivity index (χ4n) is 6.01. The summed E-state index contributed by atoms with van der Waals surface area (Å²) in [6, 6.07) is 11.2. The number of hydrogen-bond donors (Lipinski definition) is 0. The molecule has 4 aromatic rings. The number of anilines is 1. The maximum Gasteiger partial charge on any atom is 0.252 e. The fourth-order valence-corrected chi connectivity index (χ4v) is 6.01. The van der Waals surface area contributed by atoms with E-state index < -0.39 is 0 Å². The van der Waals surface area contributed by atoms with Crippen LogP contribution in [0, 0.1) is 17.2 Å². The molecule has 1 aliphatic carbocycles. The third kappa shape index (κ3) is 3.87. The Kier molecular flexibility index (Phi) is 5.72. The van der Waals surface area contributed by atoms with Gasteiger partial charge in [0.1, 0.15) is 5.52 Å². The maximum absolute atomic E-state index is 13.0. The normalized spacial score (nSPS) is 25.2. The largest absolute Gasteiger partial charge is 0.364 e. The lowest BCUT2D eigenvalue weighted by atomic mass is 9.81. The molecule has 0 N–H and O–H groups in total. The highest BCUT2D eigenvalue weighted by Crippen LogP contribution is 2.39. The molecule has 0 spiro atoms.